The zero-order valence-electron chi connectivity index (χ0n) is 10.6. The predicted molar refractivity (Wildman–Crippen MR) is 74.8 cm³/mol. The number of thioether (sulfide) groups is 1. The fourth-order valence-electron chi connectivity index (χ4n) is 1.73. The Balaban J connectivity index is 1.85. The van der Waals surface area contributed by atoms with Crippen LogP contribution in [0, 0.1) is 0 Å². The van der Waals surface area contributed by atoms with Crippen molar-refractivity contribution < 1.29 is 18.3 Å². The van der Waals surface area contributed by atoms with Crippen LogP contribution in [0.15, 0.2) is 29.4 Å². The number of alkyl halides is 2. The normalized spacial score (nSPS) is 15.0. The van der Waals surface area contributed by atoms with Crippen molar-refractivity contribution in [3.63, 3.8) is 0 Å². The van der Waals surface area contributed by atoms with Crippen LogP contribution in [0.2, 0.25) is 5.15 Å². The summed E-state index contributed by atoms with van der Waals surface area (Å²) < 4.78 is 34.6. The third-order valence-corrected chi connectivity index (χ3v) is 3.27. The van der Waals surface area contributed by atoms with E-state index in [4.69, 9.17) is 11.6 Å². The van der Waals surface area contributed by atoms with Crippen molar-refractivity contribution in [3.8, 4) is 11.5 Å². The van der Waals surface area contributed by atoms with E-state index in [0.29, 0.717) is 16.7 Å². The van der Waals surface area contributed by atoms with Crippen molar-refractivity contribution in [2.24, 2.45) is 0 Å². The maximum atomic E-state index is 12.9. The monoisotopic (exact) mass is 331 g/mol. The Morgan fingerprint density at radius 1 is 1.19 bits per heavy atom. The highest BCUT2D eigenvalue weighted by Crippen LogP contribution is 2.42. The first-order valence-electron chi connectivity index (χ1n) is 5.71. The molecule has 1 aromatic heterocycles. The number of anilines is 2. The van der Waals surface area contributed by atoms with E-state index in [1.807, 2.05) is 6.26 Å². The first-order chi connectivity index (χ1) is 9.95. The summed E-state index contributed by atoms with van der Waals surface area (Å²) in [7, 11) is 0. The molecule has 2 heterocycles. The Labute approximate surface area is 127 Å². The molecule has 110 valence electrons. The van der Waals surface area contributed by atoms with E-state index in [1.165, 1.54) is 30.0 Å². The lowest BCUT2D eigenvalue weighted by Crippen LogP contribution is -2.25. The Kier molecular flexibility index (Phi) is 3.50. The van der Waals surface area contributed by atoms with E-state index in [1.54, 1.807) is 6.07 Å². The fourth-order valence-corrected chi connectivity index (χ4v) is 2.34. The molecule has 0 fully saturated rings. The van der Waals surface area contributed by atoms with E-state index < -0.39 is 6.29 Å². The molecule has 9 heteroatoms. The highest BCUT2D eigenvalue weighted by atomic mass is 35.5. The average molecular weight is 332 g/mol. The first-order valence-corrected chi connectivity index (χ1v) is 7.31. The summed E-state index contributed by atoms with van der Waals surface area (Å²) in [6.45, 7) is 0. The maximum Gasteiger partial charge on any atom is 0.586 e. The molecule has 0 saturated heterocycles. The summed E-state index contributed by atoms with van der Waals surface area (Å²) in [6.07, 6.45) is -1.82. The van der Waals surface area contributed by atoms with Gasteiger partial charge in [0.1, 0.15) is 11.0 Å². The number of hydrogen-bond acceptors (Lipinski definition) is 6. The Bertz CT molecular complexity index is 702. The number of benzene rings is 1. The molecule has 1 N–H and O–H groups in total. The number of nitrogens with zero attached hydrogens (tertiary/aromatic N) is 2. The molecule has 1 aliphatic rings. The summed E-state index contributed by atoms with van der Waals surface area (Å²) in [5.41, 5.74) is 0.511. The van der Waals surface area contributed by atoms with Gasteiger partial charge in [0, 0.05) is 17.8 Å². The summed E-state index contributed by atoms with van der Waals surface area (Å²) in [5.74, 6) is 0.385. The zero-order chi connectivity index (χ0) is 15.0. The third kappa shape index (κ3) is 3.11. The number of halogens is 3. The standard InChI is InChI=1S/C12H8ClF2N3O2S/c1-21-11-17-9(13)5-10(18-11)16-6-2-3-7-8(4-6)20-12(14,15)19-7/h2-5H,1H3,(H,16,17,18). The molecule has 0 aliphatic carbocycles. The lowest BCUT2D eigenvalue weighted by Gasteiger charge is -2.07. The van der Waals surface area contributed by atoms with Crippen LogP contribution in [0.25, 0.3) is 0 Å². The van der Waals surface area contributed by atoms with E-state index in [-0.39, 0.29) is 16.7 Å². The van der Waals surface area contributed by atoms with E-state index >= 15 is 0 Å². The Morgan fingerprint density at radius 3 is 2.71 bits per heavy atom. The highest BCUT2D eigenvalue weighted by molar-refractivity contribution is 7.98. The number of hydrogen-bond donors (Lipinski definition) is 1. The van der Waals surface area contributed by atoms with Crippen LogP contribution in [0.4, 0.5) is 20.3 Å². The van der Waals surface area contributed by atoms with Gasteiger partial charge < -0.3 is 14.8 Å². The van der Waals surface area contributed by atoms with Crippen LogP contribution < -0.4 is 14.8 Å². The molecule has 0 amide bonds. The van der Waals surface area contributed by atoms with Crippen molar-refractivity contribution in [1.82, 2.24) is 9.97 Å². The molecular weight excluding hydrogens is 324 g/mol. The van der Waals surface area contributed by atoms with Gasteiger partial charge in [0.25, 0.3) is 0 Å². The van der Waals surface area contributed by atoms with Gasteiger partial charge in [-0.15, -0.1) is 8.78 Å². The molecule has 3 rings (SSSR count). The number of fused-ring (bicyclic) bond motifs is 1. The van der Waals surface area contributed by atoms with Gasteiger partial charge in [-0.05, 0) is 18.4 Å². The Morgan fingerprint density at radius 2 is 1.95 bits per heavy atom. The number of aromatic nitrogens is 2. The van der Waals surface area contributed by atoms with Crippen molar-refractivity contribution >= 4 is 34.9 Å². The van der Waals surface area contributed by atoms with Crippen LogP contribution in [0.3, 0.4) is 0 Å². The average Bonchev–Trinajstić information content (AvgIpc) is 2.71. The second kappa shape index (κ2) is 5.19. The molecule has 5 nitrogen and oxygen atoms in total. The summed E-state index contributed by atoms with van der Waals surface area (Å²) in [5, 5.41) is 3.73. The van der Waals surface area contributed by atoms with E-state index in [0.717, 1.165) is 0 Å². The molecule has 0 saturated carbocycles. The van der Waals surface area contributed by atoms with Gasteiger partial charge in [0.2, 0.25) is 0 Å². The van der Waals surface area contributed by atoms with Crippen LogP contribution in [-0.2, 0) is 0 Å². The van der Waals surface area contributed by atoms with Gasteiger partial charge in [-0.1, -0.05) is 23.4 Å². The number of ether oxygens (including phenoxy) is 2. The minimum atomic E-state index is -3.63. The molecule has 0 bridgehead atoms. The SMILES string of the molecule is CSc1nc(Cl)cc(Nc2ccc3c(c2)OC(F)(F)O3)n1. The lowest BCUT2D eigenvalue weighted by atomic mass is 10.3. The first kappa shape index (κ1) is 14.2. The van der Waals surface area contributed by atoms with Crippen molar-refractivity contribution in [2.75, 3.05) is 11.6 Å². The van der Waals surface area contributed by atoms with Crippen LogP contribution in [0.5, 0.6) is 11.5 Å². The molecular formula is C12H8ClF2N3O2S. The molecule has 0 unspecified atom stereocenters. The van der Waals surface area contributed by atoms with E-state index in [2.05, 4.69) is 24.8 Å². The van der Waals surface area contributed by atoms with Crippen molar-refractivity contribution in [2.45, 2.75) is 11.5 Å². The van der Waals surface area contributed by atoms with E-state index in [9.17, 15) is 8.78 Å². The number of nitrogens with one attached hydrogen (secondary N) is 1. The largest absolute Gasteiger partial charge is 0.586 e. The van der Waals surface area contributed by atoms with Crippen LogP contribution in [0.1, 0.15) is 0 Å². The molecule has 0 radical (unpaired) electrons. The highest BCUT2D eigenvalue weighted by Gasteiger charge is 2.43. The molecule has 0 atom stereocenters. The Hall–Kier alpha value is -1.80. The summed E-state index contributed by atoms with van der Waals surface area (Å²) in [6, 6.07) is 5.88. The molecule has 1 aromatic carbocycles. The maximum absolute atomic E-state index is 12.9. The van der Waals surface area contributed by atoms with Gasteiger partial charge in [0.15, 0.2) is 16.7 Å². The molecule has 2 aromatic rings. The van der Waals surface area contributed by atoms with Crippen molar-refractivity contribution in [3.05, 3.63) is 29.4 Å². The van der Waals surface area contributed by atoms with Crippen LogP contribution in [-0.4, -0.2) is 22.5 Å². The van der Waals surface area contributed by atoms with Gasteiger partial charge >= 0.3 is 6.29 Å². The summed E-state index contributed by atoms with van der Waals surface area (Å²) in [4.78, 5) is 8.21. The topological polar surface area (TPSA) is 56.3 Å². The fraction of sp³-hybridized carbons (Fsp3) is 0.167. The minimum Gasteiger partial charge on any atom is -0.395 e. The number of rotatable bonds is 3. The van der Waals surface area contributed by atoms with Crippen molar-refractivity contribution in [1.29, 1.82) is 0 Å². The zero-order valence-corrected chi connectivity index (χ0v) is 12.1. The quantitative estimate of drug-likeness (QED) is 0.522. The predicted octanol–water partition coefficient (Wildman–Crippen LogP) is 3.92. The van der Waals surface area contributed by atoms with Gasteiger partial charge in [-0.3, -0.25) is 0 Å². The summed E-state index contributed by atoms with van der Waals surface area (Å²) >= 11 is 7.21. The second-order valence-electron chi connectivity index (χ2n) is 4.02. The molecule has 0 spiro atoms. The molecule has 21 heavy (non-hydrogen) atoms. The third-order valence-electron chi connectivity index (χ3n) is 2.53. The van der Waals surface area contributed by atoms with Gasteiger partial charge in [0.05, 0.1) is 0 Å². The van der Waals surface area contributed by atoms with Crippen LogP contribution >= 0.6 is 23.4 Å². The minimum absolute atomic E-state index is 0.0175. The van der Waals surface area contributed by atoms with Gasteiger partial charge in [-0.2, -0.15) is 0 Å². The lowest BCUT2D eigenvalue weighted by molar-refractivity contribution is -0.286. The smallest absolute Gasteiger partial charge is 0.395 e. The van der Waals surface area contributed by atoms with Gasteiger partial charge in [-0.25, -0.2) is 9.97 Å². The second-order valence-corrected chi connectivity index (χ2v) is 5.18. The molecule has 1 aliphatic heterocycles.